The molecule has 3 aliphatic rings. The smallest absolute Gasteiger partial charge is 0.314 e. The highest BCUT2D eigenvalue weighted by atomic mass is 32.2. The van der Waals surface area contributed by atoms with Gasteiger partial charge in [0.25, 0.3) is 0 Å². The van der Waals surface area contributed by atoms with E-state index in [0.29, 0.717) is 22.8 Å². The Kier molecular flexibility index (Phi) is 8.32. The second-order valence-electron chi connectivity index (χ2n) is 12.4. The molecule has 6 heteroatoms. The van der Waals surface area contributed by atoms with Gasteiger partial charge in [0.05, 0.1) is 10.8 Å². The molecule has 0 atom stereocenters. The molecule has 3 saturated carbocycles. The van der Waals surface area contributed by atoms with Gasteiger partial charge in [0.2, 0.25) is 0 Å². The monoisotopic (exact) mass is 503 g/mol. The van der Waals surface area contributed by atoms with E-state index in [2.05, 4.69) is 20.8 Å². The molecule has 0 amide bonds. The van der Waals surface area contributed by atoms with Crippen LogP contribution in [0.1, 0.15) is 134 Å². The molecule has 0 saturated heterocycles. The van der Waals surface area contributed by atoms with E-state index in [0.717, 1.165) is 89.9 Å². The number of carbonyl (C=O) groups excluding carboxylic acids is 1. The second kappa shape index (κ2) is 10.9. The van der Waals surface area contributed by atoms with Crippen LogP contribution in [0.2, 0.25) is 0 Å². The Bertz CT molecular complexity index is 947. The Labute approximate surface area is 212 Å². The third-order valence-electron chi connectivity index (χ3n) is 8.96. The zero-order valence-electron chi connectivity index (χ0n) is 21.8. The molecule has 0 aromatic heterocycles. The van der Waals surface area contributed by atoms with Crippen molar-refractivity contribution in [3.63, 3.8) is 0 Å². The quantitative estimate of drug-likeness (QED) is 0.237. The normalized spacial score (nSPS) is 25.4. The molecule has 3 fully saturated rings. The summed E-state index contributed by atoms with van der Waals surface area (Å²) in [6.45, 7) is 6.80. The fraction of sp³-hybridized carbons (Fsp3) is 0.759. The minimum Gasteiger partial charge on any atom is -0.744 e. The Balaban J connectivity index is 1.64. The average molecular weight is 504 g/mol. The minimum absolute atomic E-state index is 0.0122. The van der Waals surface area contributed by atoms with Crippen molar-refractivity contribution in [2.45, 2.75) is 127 Å². The summed E-state index contributed by atoms with van der Waals surface area (Å²) in [6, 6.07) is 3.43. The van der Waals surface area contributed by atoms with Crippen molar-refractivity contribution < 1.29 is 22.5 Å². The van der Waals surface area contributed by atoms with Gasteiger partial charge in [0, 0.05) is 0 Å². The fourth-order valence-electron chi connectivity index (χ4n) is 6.82. The van der Waals surface area contributed by atoms with Crippen LogP contribution in [0.25, 0.3) is 0 Å². The first-order valence-electron chi connectivity index (χ1n) is 13.9. The molecule has 1 aromatic carbocycles. The van der Waals surface area contributed by atoms with Gasteiger partial charge in [-0.05, 0) is 97.8 Å². The lowest BCUT2D eigenvalue weighted by molar-refractivity contribution is -0.140. The molecule has 35 heavy (non-hydrogen) atoms. The number of esters is 1. The highest BCUT2D eigenvalue weighted by Crippen LogP contribution is 2.45. The molecule has 1 aromatic rings. The summed E-state index contributed by atoms with van der Waals surface area (Å²) in [6.07, 6.45) is 13.6. The summed E-state index contributed by atoms with van der Waals surface area (Å²) >= 11 is 0. The van der Waals surface area contributed by atoms with Crippen LogP contribution >= 0.6 is 0 Å². The first-order chi connectivity index (χ1) is 16.5. The lowest BCUT2D eigenvalue weighted by Crippen LogP contribution is -2.30. The maximum absolute atomic E-state index is 13.2. The van der Waals surface area contributed by atoms with Crippen LogP contribution in [0, 0.1) is 17.3 Å². The van der Waals surface area contributed by atoms with E-state index >= 15 is 0 Å². The van der Waals surface area contributed by atoms with E-state index in [4.69, 9.17) is 4.74 Å². The van der Waals surface area contributed by atoms with E-state index < -0.39 is 10.1 Å². The van der Waals surface area contributed by atoms with Crippen LogP contribution < -0.4 is 4.74 Å². The number of rotatable bonds is 5. The van der Waals surface area contributed by atoms with Crippen LogP contribution in [-0.4, -0.2) is 18.9 Å². The van der Waals surface area contributed by atoms with Crippen LogP contribution in [0.5, 0.6) is 5.75 Å². The molecule has 0 heterocycles. The third-order valence-corrected chi connectivity index (χ3v) is 9.94. The molecule has 4 rings (SSSR count). The zero-order chi connectivity index (χ0) is 25.2. The van der Waals surface area contributed by atoms with Gasteiger partial charge in [-0.15, -0.1) is 0 Å². The Morgan fingerprint density at radius 1 is 0.800 bits per heavy atom. The van der Waals surface area contributed by atoms with Crippen molar-refractivity contribution in [2.75, 3.05) is 0 Å². The SMILES string of the molecule is CC(C)(C)C1CCC(C(=O)Oc2cc(C3CCCCC3)c(S(=O)(=O)[O-])c(C3CCCCC3)c2)CC1. The first kappa shape index (κ1) is 26.7. The van der Waals surface area contributed by atoms with Crippen LogP contribution in [-0.2, 0) is 14.9 Å². The molecule has 0 spiro atoms. The Morgan fingerprint density at radius 2 is 1.26 bits per heavy atom. The van der Waals surface area contributed by atoms with Crippen molar-refractivity contribution in [1.29, 1.82) is 0 Å². The molecule has 0 unspecified atom stereocenters. The van der Waals surface area contributed by atoms with E-state index in [1.54, 1.807) is 12.1 Å². The maximum Gasteiger partial charge on any atom is 0.314 e. The van der Waals surface area contributed by atoms with Crippen molar-refractivity contribution in [3.05, 3.63) is 23.3 Å². The third kappa shape index (κ3) is 6.49. The Morgan fingerprint density at radius 3 is 1.66 bits per heavy atom. The fourth-order valence-corrected chi connectivity index (χ4v) is 7.85. The topological polar surface area (TPSA) is 83.5 Å². The largest absolute Gasteiger partial charge is 0.744 e. The van der Waals surface area contributed by atoms with Gasteiger partial charge in [0.15, 0.2) is 0 Å². The number of carbonyl (C=O) groups is 1. The molecular weight excluding hydrogens is 460 g/mol. The highest BCUT2D eigenvalue weighted by molar-refractivity contribution is 7.85. The van der Waals surface area contributed by atoms with Crippen molar-refractivity contribution in [2.24, 2.45) is 17.3 Å². The van der Waals surface area contributed by atoms with Crippen LogP contribution in [0.15, 0.2) is 17.0 Å². The number of benzene rings is 1. The van der Waals surface area contributed by atoms with Crippen molar-refractivity contribution >= 4 is 16.1 Å². The summed E-state index contributed by atoms with van der Waals surface area (Å²) in [7, 11) is -4.64. The van der Waals surface area contributed by atoms with Gasteiger partial charge >= 0.3 is 5.97 Å². The predicted octanol–water partition coefficient (Wildman–Crippen LogP) is 7.44. The standard InChI is InChI=1S/C29H44O5S/c1-29(2,3)23-16-14-22(15-17-23)28(30)34-24-18-25(20-10-6-4-7-11-20)27(35(31,32)33)26(19-24)21-12-8-5-9-13-21/h18-23H,4-17H2,1-3H3,(H,31,32,33)/p-1. The lowest BCUT2D eigenvalue weighted by atomic mass is 9.70. The predicted molar refractivity (Wildman–Crippen MR) is 137 cm³/mol. The molecule has 0 aliphatic heterocycles. The van der Waals surface area contributed by atoms with Gasteiger partial charge in [-0.2, -0.15) is 0 Å². The van der Waals surface area contributed by atoms with Crippen molar-refractivity contribution in [3.8, 4) is 5.75 Å². The zero-order valence-corrected chi connectivity index (χ0v) is 22.6. The van der Waals surface area contributed by atoms with Gasteiger partial charge < -0.3 is 9.29 Å². The lowest BCUT2D eigenvalue weighted by Gasteiger charge is -2.36. The molecule has 0 radical (unpaired) electrons. The molecule has 0 bridgehead atoms. The van der Waals surface area contributed by atoms with Crippen molar-refractivity contribution in [1.82, 2.24) is 0 Å². The van der Waals surface area contributed by atoms with Crippen LogP contribution in [0.3, 0.4) is 0 Å². The number of hydrogen-bond donors (Lipinski definition) is 0. The molecule has 5 nitrogen and oxygen atoms in total. The highest BCUT2D eigenvalue weighted by Gasteiger charge is 2.34. The van der Waals surface area contributed by atoms with E-state index in [9.17, 15) is 17.8 Å². The maximum atomic E-state index is 13.2. The molecular formula is C29H43O5S-. The van der Waals surface area contributed by atoms with E-state index in [-0.39, 0.29) is 34.0 Å². The van der Waals surface area contributed by atoms with Gasteiger partial charge in [-0.25, -0.2) is 8.42 Å². The number of hydrogen-bond acceptors (Lipinski definition) is 5. The summed E-state index contributed by atoms with van der Waals surface area (Å²) in [5, 5.41) is 0. The Hall–Kier alpha value is -1.40. The first-order valence-corrected chi connectivity index (χ1v) is 15.3. The molecule has 0 N–H and O–H groups in total. The summed E-state index contributed by atoms with van der Waals surface area (Å²) < 4.78 is 43.7. The number of ether oxygens (including phenoxy) is 1. The summed E-state index contributed by atoms with van der Waals surface area (Å²) in [4.78, 5) is 13.2. The second-order valence-corrected chi connectivity index (χ2v) is 13.7. The molecule has 3 aliphatic carbocycles. The van der Waals surface area contributed by atoms with Gasteiger partial charge in [-0.3, -0.25) is 4.79 Å². The van der Waals surface area contributed by atoms with E-state index in [1.165, 1.54) is 0 Å². The van der Waals surface area contributed by atoms with Gasteiger partial charge in [-0.1, -0.05) is 59.3 Å². The summed E-state index contributed by atoms with van der Waals surface area (Å²) in [5.74, 6) is 0.786. The summed E-state index contributed by atoms with van der Waals surface area (Å²) in [5.41, 5.74) is 1.45. The van der Waals surface area contributed by atoms with Gasteiger partial charge in [0.1, 0.15) is 15.9 Å². The van der Waals surface area contributed by atoms with Crippen LogP contribution in [0.4, 0.5) is 0 Å². The minimum atomic E-state index is -4.64. The molecule has 196 valence electrons. The average Bonchev–Trinajstić information content (AvgIpc) is 2.83. The van der Waals surface area contributed by atoms with E-state index in [1.807, 2.05) is 0 Å².